The van der Waals surface area contributed by atoms with Crippen molar-refractivity contribution >= 4 is 59.8 Å². The van der Waals surface area contributed by atoms with Crippen molar-refractivity contribution in [3.63, 3.8) is 0 Å². The summed E-state index contributed by atoms with van der Waals surface area (Å²) in [4.78, 5) is 19.5. The van der Waals surface area contributed by atoms with Gasteiger partial charge in [0, 0.05) is 36.8 Å². The lowest BCUT2D eigenvalue weighted by Crippen LogP contribution is -2.41. The van der Waals surface area contributed by atoms with Crippen LogP contribution in [0.15, 0.2) is 84.9 Å². The van der Waals surface area contributed by atoms with Gasteiger partial charge in [0.25, 0.3) is 0 Å². The number of rotatable bonds is 13. The molecule has 0 radical (unpaired) electrons. The summed E-state index contributed by atoms with van der Waals surface area (Å²) in [7, 11) is -6.86. The fourth-order valence-corrected chi connectivity index (χ4v) is 6.58. The summed E-state index contributed by atoms with van der Waals surface area (Å²) in [5.41, 5.74) is 3.69. The molecule has 1 heterocycles. The van der Waals surface area contributed by atoms with Gasteiger partial charge in [0.1, 0.15) is 10.0 Å². The number of nitrogens with zero attached hydrogens (tertiary/aromatic N) is 2. The summed E-state index contributed by atoms with van der Waals surface area (Å²) in [5, 5.41) is 3.08. The predicted octanol–water partition coefficient (Wildman–Crippen LogP) is 5.44. The van der Waals surface area contributed by atoms with E-state index in [1.54, 1.807) is 29.2 Å². The molecule has 0 aliphatic carbocycles. The van der Waals surface area contributed by atoms with Gasteiger partial charge in [-0.2, -0.15) is 0 Å². The van der Waals surface area contributed by atoms with Crippen molar-refractivity contribution in [3.05, 3.63) is 100 Å². The number of carbonyl (C=O) groups is 1. The van der Waals surface area contributed by atoms with Gasteiger partial charge in [-0.15, -0.1) is 0 Å². The van der Waals surface area contributed by atoms with Crippen molar-refractivity contribution in [2.75, 3.05) is 42.2 Å². The van der Waals surface area contributed by atoms with E-state index in [0.29, 0.717) is 34.2 Å². The van der Waals surface area contributed by atoms with Crippen LogP contribution in [0.4, 0.5) is 15.6 Å². The molecule has 0 spiro atoms. The van der Waals surface area contributed by atoms with Gasteiger partial charge in [-0.1, -0.05) is 95.7 Å². The third kappa shape index (κ3) is 10.0. The van der Waals surface area contributed by atoms with Crippen LogP contribution in [0.25, 0.3) is 11.3 Å². The highest BCUT2D eigenvalue weighted by molar-refractivity contribution is 7.92. The fourth-order valence-electron chi connectivity index (χ4n) is 4.48. The second-order valence-corrected chi connectivity index (χ2v) is 15.0. The van der Waals surface area contributed by atoms with Crippen molar-refractivity contribution in [3.8, 4) is 11.3 Å². The standard InChI is InChI=1S/C29H32ClN5O5S3/c1-42(37,38)31-18-20-35(19-17-25(21-9-5-3-6-10-21)22-11-7-4-8-12-22)29(36)33-28-32-26(27(30)41-28)23-13-15-24(16-14-23)34-43(2,39)40/h3-16,25,31,34H,17-20H2,1-2H3,(H,32,33,36). The van der Waals surface area contributed by atoms with Gasteiger partial charge in [-0.05, 0) is 29.7 Å². The number of benzene rings is 3. The molecular weight excluding hydrogens is 630 g/mol. The lowest BCUT2D eigenvalue weighted by Gasteiger charge is -2.26. The molecule has 0 aliphatic heterocycles. The molecule has 0 unspecified atom stereocenters. The Hall–Kier alpha value is -3.49. The van der Waals surface area contributed by atoms with E-state index in [0.717, 1.165) is 35.0 Å². The molecule has 4 aromatic rings. The van der Waals surface area contributed by atoms with Gasteiger partial charge in [0.15, 0.2) is 5.13 Å². The van der Waals surface area contributed by atoms with Crippen LogP contribution in [-0.2, 0) is 20.0 Å². The maximum atomic E-state index is 13.5. The molecule has 0 aliphatic rings. The summed E-state index contributed by atoms with van der Waals surface area (Å²) < 4.78 is 51.6. The van der Waals surface area contributed by atoms with Crippen LogP contribution in [0.2, 0.25) is 4.34 Å². The van der Waals surface area contributed by atoms with Crippen LogP contribution in [0.3, 0.4) is 0 Å². The Morgan fingerprint density at radius 2 is 1.44 bits per heavy atom. The van der Waals surface area contributed by atoms with E-state index in [4.69, 9.17) is 11.6 Å². The number of hydrogen-bond acceptors (Lipinski definition) is 7. The monoisotopic (exact) mass is 661 g/mol. The van der Waals surface area contributed by atoms with Crippen LogP contribution in [0.5, 0.6) is 0 Å². The first-order chi connectivity index (χ1) is 20.4. The quantitative estimate of drug-likeness (QED) is 0.175. The first-order valence-electron chi connectivity index (χ1n) is 13.2. The highest BCUT2D eigenvalue weighted by Gasteiger charge is 2.21. The van der Waals surface area contributed by atoms with E-state index < -0.39 is 26.1 Å². The molecule has 3 N–H and O–H groups in total. The number of hydrogen-bond donors (Lipinski definition) is 3. The maximum Gasteiger partial charge on any atom is 0.323 e. The Bertz CT molecular complexity index is 1690. The van der Waals surface area contributed by atoms with Gasteiger partial charge >= 0.3 is 6.03 Å². The van der Waals surface area contributed by atoms with Crippen molar-refractivity contribution in [2.45, 2.75) is 12.3 Å². The van der Waals surface area contributed by atoms with Crippen LogP contribution >= 0.6 is 22.9 Å². The second kappa shape index (κ2) is 14.3. The van der Waals surface area contributed by atoms with Crippen LogP contribution in [-0.4, -0.2) is 64.9 Å². The minimum Gasteiger partial charge on any atom is -0.323 e. The Morgan fingerprint density at radius 1 is 0.860 bits per heavy atom. The zero-order valence-corrected chi connectivity index (χ0v) is 26.7. The maximum absolute atomic E-state index is 13.5. The first kappa shape index (κ1) is 32.4. The van der Waals surface area contributed by atoms with Crippen LogP contribution < -0.4 is 14.8 Å². The molecule has 0 fully saturated rings. The van der Waals surface area contributed by atoms with E-state index in [1.807, 2.05) is 36.4 Å². The van der Waals surface area contributed by atoms with Crippen molar-refractivity contribution in [1.29, 1.82) is 0 Å². The highest BCUT2D eigenvalue weighted by Crippen LogP contribution is 2.36. The topological polar surface area (TPSA) is 138 Å². The van der Waals surface area contributed by atoms with Crippen molar-refractivity contribution < 1.29 is 21.6 Å². The number of anilines is 2. The Kier molecular flexibility index (Phi) is 10.8. The molecular formula is C29H32ClN5O5S3. The number of halogens is 1. The molecule has 1 aromatic heterocycles. The van der Waals surface area contributed by atoms with E-state index in [1.165, 1.54) is 0 Å². The molecule has 0 bridgehead atoms. The number of aromatic nitrogens is 1. The first-order valence-corrected chi connectivity index (χ1v) is 18.2. The molecule has 228 valence electrons. The number of nitrogens with one attached hydrogen (secondary N) is 3. The average molecular weight is 662 g/mol. The van der Waals surface area contributed by atoms with Crippen LogP contribution in [0.1, 0.15) is 23.5 Å². The summed E-state index contributed by atoms with van der Waals surface area (Å²) >= 11 is 7.55. The molecule has 4 rings (SSSR count). The van der Waals surface area contributed by atoms with Crippen molar-refractivity contribution in [1.82, 2.24) is 14.6 Å². The summed E-state index contributed by atoms with van der Waals surface area (Å²) in [6.07, 6.45) is 2.73. The zero-order valence-electron chi connectivity index (χ0n) is 23.5. The van der Waals surface area contributed by atoms with Crippen LogP contribution in [0, 0.1) is 0 Å². The molecule has 0 saturated heterocycles. The lowest BCUT2D eigenvalue weighted by atomic mass is 9.88. The average Bonchev–Trinajstić information content (AvgIpc) is 3.31. The Morgan fingerprint density at radius 3 is 1.98 bits per heavy atom. The lowest BCUT2D eigenvalue weighted by molar-refractivity contribution is 0.211. The fraction of sp³-hybridized carbons (Fsp3) is 0.241. The third-order valence-corrected chi connectivity index (χ3v) is 8.89. The van der Waals surface area contributed by atoms with E-state index >= 15 is 0 Å². The molecule has 43 heavy (non-hydrogen) atoms. The van der Waals surface area contributed by atoms with E-state index in [9.17, 15) is 21.6 Å². The second-order valence-electron chi connectivity index (χ2n) is 9.84. The molecule has 0 atom stereocenters. The van der Waals surface area contributed by atoms with Crippen molar-refractivity contribution in [2.24, 2.45) is 0 Å². The van der Waals surface area contributed by atoms with E-state index in [-0.39, 0.29) is 24.1 Å². The van der Waals surface area contributed by atoms with E-state index in [2.05, 4.69) is 44.0 Å². The minimum atomic E-state index is -3.44. The Balaban J connectivity index is 1.51. The van der Waals surface area contributed by atoms with Gasteiger partial charge in [-0.25, -0.2) is 31.3 Å². The molecule has 14 heteroatoms. The molecule has 0 saturated carbocycles. The van der Waals surface area contributed by atoms with Gasteiger partial charge < -0.3 is 4.90 Å². The predicted molar refractivity (Wildman–Crippen MR) is 174 cm³/mol. The number of sulfonamides is 2. The smallest absolute Gasteiger partial charge is 0.323 e. The Labute approximate surface area is 261 Å². The highest BCUT2D eigenvalue weighted by atomic mass is 35.5. The molecule has 2 amide bonds. The van der Waals surface area contributed by atoms with Gasteiger partial charge in [0.2, 0.25) is 20.0 Å². The summed E-state index contributed by atoms with van der Waals surface area (Å²) in [5.74, 6) is 0.0154. The number of thiazole rings is 1. The summed E-state index contributed by atoms with van der Waals surface area (Å²) in [6.45, 7) is 0.522. The normalized spacial score (nSPS) is 11.8. The zero-order chi connectivity index (χ0) is 31.0. The minimum absolute atomic E-state index is 0.0154. The molecule has 3 aromatic carbocycles. The number of carbonyl (C=O) groups excluding carboxylic acids is 1. The summed E-state index contributed by atoms with van der Waals surface area (Å²) in [6, 6.07) is 26.1. The largest absolute Gasteiger partial charge is 0.323 e. The molecule has 10 nitrogen and oxygen atoms in total. The number of urea groups is 1. The van der Waals surface area contributed by atoms with Gasteiger partial charge in [0.05, 0.1) is 12.5 Å². The number of amides is 2. The third-order valence-electron chi connectivity index (χ3n) is 6.39. The van der Waals surface area contributed by atoms with Gasteiger partial charge in [-0.3, -0.25) is 10.0 Å². The SMILES string of the molecule is CS(=O)(=O)NCCN(CCC(c1ccccc1)c1ccccc1)C(=O)Nc1nc(-c2ccc(NS(C)(=O)=O)cc2)c(Cl)s1.